The van der Waals surface area contributed by atoms with Crippen LogP contribution in [0.25, 0.3) is 28.2 Å². The highest BCUT2D eigenvalue weighted by Gasteiger charge is 2.51. The van der Waals surface area contributed by atoms with Gasteiger partial charge in [0.15, 0.2) is 5.69 Å². The highest BCUT2D eigenvalue weighted by Crippen LogP contribution is 2.54. The summed E-state index contributed by atoms with van der Waals surface area (Å²) in [7, 11) is 0. The van der Waals surface area contributed by atoms with Gasteiger partial charge in [-0.3, -0.25) is 0 Å². The highest BCUT2D eigenvalue weighted by atomic mass is 19.4. The number of halogens is 3. The minimum Gasteiger partial charge on any atom is -0.487 e. The zero-order valence-corrected chi connectivity index (χ0v) is 24.9. The van der Waals surface area contributed by atoms with Crippen molar-refractivity contribution in [3.63, 3.8) is 0 Å². The lowest BCUT2D eigenvalue weighted by Crippen LogP contribution is -2.62. The first-order valence-corrected chi connectivity index (χ1v) is 15.7. The second kappa shape index (κ2) is 10.9. The maximum Gasteiger partial charge on any atom is 0.417 e. The summed E-state index contributed by atoms with van der Waals surface area (Å²) in [5.74, 6) is 0.597. The van der Waals surface area contributed by atoms with Crippen molar-refractivity contribution in [3.05, 3.63) is 77.2 Å². The van der Waals surface area contributed by atoms with Gasteiger partial charge in [-0.15, -0.1) is 0 Å². The number of hydrogen-bond acceptors (Lipinski definition) is 7. The highest BCUT2D eigenvalue weighted by molar-refractivity contribution is 5.94. The van der Waals surface area contributed by atoms with Crippen molar-refractivity contribution in [1.82, 2.24) is 10.1 Å². The summed E-state index contributed by atoms with van der Waals surface area (Å²) in [6, 6.07) is 12.9. The maximum atomic E-state index is 13.8. The van der Waals surface area contributed by atoms with Crippen LogP contribution in [0.1, 0.15) is 65.4 Å². The Balaban J connectivity index is 0.974. The van der Waals surface area contributed by atoms with Gasteiger partial charge >= 0.3 is 12.1 Å². The number of allylic oxidation sites excluding steroid dienone is 1. The molecular formula is C35H32F3N3O5. The summed E-state index contributed by atoms with van der Waals surface area (Å²) in [4.78, 5) is 18.3. The van der Waals surface area contributed by atoms with Gasteiger partial charge in [0.05, 0.1) is 24.3 Å². The Morgan fingerprint density at radius 2 is 1.89 bits per heavy atom. The van der Waals surface area contributed by atoms with E-state index < -0.39 is 17.7 Å². The van der Waals surface area contributed by atoms with Crippen LogP contribution in [-0.2, 0) is 10.9 Å². The van der Waals surface area contributed by atoms with Crippen molar-refractivity contribution in [2.24, 2.45) is 11.3 Å². The van der Waals surface area contributed by atoms with Crippen LogP contribution in [0.2, 0.25) is 0 Å². The summed E-state index contributed by atoms with van der Waals surface area (Å²) < 4.78 is 58.7. The predicted molar refractivity (Wildman–Crippen MR) is 164 cm³/mol. The molecule has 2 saturated carbocycles. The summed E-state index contributed by atoms with van der Waals surface area (Å²) in [6.07, 6.45) is 4.06. The Kier molecular flexibility index (Phi) is 6.86. The molecule has 46 heavy (non-hydrogen) atoms. The largest absolute Gasteiger partial charge is 0.487 e. The molecule has 0 amide bonds. The smallest absolute Gasteiger partial charge is 0.417 e. The molecule has 0 radical (unpaired) electrons. The number of fused-ring (bicyclic) bond motifs is 1. The summed E-state index contributed by atoms with van der Waals surface area (Å²) in [6.45, 7) is 2.86. The number of carboxylic acids is 1. The third kappa shape index (κ3) is 5.30. The molecule has 2 saturated heterocycles. The maximum absolute atomic E-state index is 13.8. The minimum atomic E-state index is -4.49. The van der Waals surface area contributed by atoms with E-state index in [1.54, 1.807) is 6.07 Å². The SMILES string of the molecule is O=C(O)c1cc(O[C@@H]2CCOC2)c2cc(N3CC4(CC(/C=C/c5c(-c6ccccc6C(F)(F)F)noc5C5CC5)C4)C3)ccc2n1. The van der Waals surface area contributed by atoms with Crippen LogP contribution < -0.4 is 9.64 Å². The average Bonchev–Trinajstić information content (AvgIpc) is 3.54. The third-order valence-corrected chi connectivity index (χ3v) is 9.69. The molecule has 2 aromatic carbocycles. The Bertz CT molecular complexity index is 1840. The first kappa shape index (κ1) is 29.1. The Morgan fingerprint density at radius 3 is 2.61 bits per heavy atom. The van der Waals surface area contributed by atoms with E-state index in [-0.39, 0.29) is 34.4 Å². The van der Waals surface area contributed by atoms with Crippen LogP contribution in [0, 0.1) is 11.3 Å². The number of ether oxygens (including phenoxy) is 2. The number of anilines is 1. The molecule has 8 rings (SSSR count). The fraction of sp³-hybridized carbons (Fsp3) is 0.400. The molecule has 8 nitrogen and oxygen atoms in total. The van der Waals surface area contributed by atoms with E-state index in [0.717, 1.165) is 62.3 Å². The first-order chi connectivity index (χ1) is 22.2. The van der Waals surface area contributed by atoms with Crippen LogP contribution in [0.5, 0.6) is 5.75 Å². The van der Waals surface area contributed by atoms with Crippen molar-refractivity contribution in [3.8, 4) is 17.0 Å². The van der Waals surface area contributed by atoms with Gasteiger partial charge in [-0.05, 0) is 55.9 Å². The molecular weight excluding hydrogens is 599 g/mol. The standard InChI is InChI=1S/C35H32F3N3O5/c36-35(37,38)27-4-2-1-3-24(27)31-25(32(46-40-31)21-6-7-21)9-5-20-15-34(16-20)18-41(19-34)22-8-10-28-26(13-22)30(14-29(39-28)33(42)43)45-23-11-12-44-17-23/h1-5,8-10,13-14,20-21,23H,6-7,11-12,15-19H2,(H,42,43)/b9-5+/t23-/m1/s1. The van der Waals surface area contributed by atoms with E-state index in [1.807, 2.05) is 24.3 Å². The molecule has 4 heterocycles. The molecule has 1 atom stereocenters. The molecule has 1 spiro atoms. The quantitative estimate of drug-likeness (QED) is 0.213. The molecule has 2 aromatic heterocycles. The number of nitrogens with zero attached hydrogens (tertiary/aromatic N) is 3. The van der Waals surface area contributed by atoms with Crippen LogP contribution in [0.3, 0.4) is 0 Å². The molecule has 11 heteroatoms. The normalized spacial score (nSPS) is 21.2. The van der Waals surface area contributed by atoms with Gasteiger partial charge in [0.2, 0.25) is 0 Å². The number of carboxylic acid groups (broad SMARTS) is 1. The number of aromatic carboxylic acids is 1. The Morgan fingerprint density at radius 1 is 1.09 bits per heavy atom. The van der Waals surface area contributed by atoms with Crippen LogP contribution in [-0.4, -0.2) is 53.6 Å². The number of hydrogen-bond donors (Lipinski definition) is 1. The minimum absolute atomic E-state index is 0.0416. The molecule has 2 aliphatic carbocycles. The molecule has 2 aliphatic heterocycles. The summed E-state index contributed by atoms with van der Waals surface area (Å²) >= 11 is 0. The average molecular weight is 632 g/mol. The predicted octanol–water partition coefficient (Wildman–Crippen LogP) is 7.58. The van der Waals surface area contributed by atoms with Crippen molar-refractivity contribution in [2.45, 2.75) is 50.3 Å². The van der Waals surface area contributed by atoms with E-state index in [2.05, 4.69) is 21.1 Å². The van der Waals surface area contributed by atoms with Gasteiger partial charge in [-0.1, -0.05) is 35.5 Å². The molecule has 0 unspecified atom stereocenters. The number of alkyl halides is 3. The van der Waals surface area contributed by atoms with Gasteiger partial charge in [0, 0.05) is 59.1 Å². The van der Waals surface area contributed by atoms with Crippen LogP contribution in [0.15, 0.2) is 59.1 Å². The molecule has 4 aliphatic rings. The van der Waals surface area contributed by atoms with Gasteiger partial charge in [0.1, 0.15) is 23.3 Å². The number of aromatic nitrogens is 2. The van der Waals surface area contributed by atoms with Gasteiger partial charge in [-0.2, -0.15) is 13.2 Å². The topological polar surface area (TPSA) is 97.9 Å². The second-order valence-corrected chi connectivity index (χ2v) is 13.1. The van der Waals surface area contributed by atoms with Crippen molar-refractivity contribution < 1.29 is 37.1 Å². The fourth-order valence-corrected chi connectivity index (χ4v) is 7.24. The van der Waals surface area contributed by atoms with Crippen molar-refractivity contribution in [1.29, 1.82) is 0 Å². The van der Waals surface area contributed by atoms with E-state index in [4.69, 9.17) is 14.0 Å². The van der Waals surface area contributed by atoms with Crippen molar-refractivity contribution in [2.75, 3.05) is 31.2 Å². The number of carbonyl (C=O) groups is 1. The molecule has 238 valence electrons. The summed E-state index contributed by atoms with van der Waals surface area (Å²) in [5.41, 5.74) is 1.97. The zero-order chi connectivity index (χ0) is 31.6. The number of benzene rings is 2. The third-order valence-electron chi connectivity index (χ3n) is 9.69. The Labute approximate surface area is 262 Å². The monoisotopic (exact) mass is 631 g/mol. The van der Waals surface area contributed by atoms with E-state index in [1.165, 1.54) is 18.2 Å². The lowest BCUT2D eigenvalue weighted by Gasteiger charge is -2.59. The lowest BCUT2D eigenvalue weighted by molar-refractivity contribution is -0.137. The van der Waals surface area contributed by atoms with Gasteiger partial charge in [-0.25, -0.2) is 9.78 Å². The van der Waals surface area contributed by atoms with Gasteiger partial charge in [0.25, 0.3) is 0 Å². The lowest BCUT2D eigenvalue weighted by atomic mass is 9.57. The molecule has 0 bridgehead atoms. The Hall–Kier alpha value is -4.38. The fourth-order valence-electron chi connectivity index (χ4n) is 7.24. The number of rotatable bonds is 8. The van der Waals surface area contributed by atoms with Gasteiger partial charge < -0.3 is 24.0 Å². The molecule has 1 N–H and O–H groups in total. The molecule has 4 fully saturated rings. The second-order valence-electron chi connectivity index (χ2n) is 13.1. The van der Waals surface area contributed by atoms with E-state index in [0.29, 0.717) is 41.7 Å². The first-order valence-electron chi connectivity index (χ1n) is 15.7. The van der Waals surface area contributed by atoms with E-state index in [9.17, 15) is 23.1 Å². The zero-order valence-electron chi connectivity index (χ0n) is 24.9. The summed E-state index contributed by atoms with van der Waals surface area (Å²) in [5, 5.41) is 14.5. The van der Waals surface area contributed by atoms with Crippen molar-refractivity contribution >= 4 is 28.6 Å². The molecule has 4 aromatic rings. The van der Waals surface area contributed by atoms with E-state index >= 15 is 0 Å². The van der Waals surface area contributed by atoms with Crippen LogP contribution >= 0.6 is 0 Å². The number of pyridine rings is 1. The van der Waals surface area contributed by atoms with Crippen LogP contribution in [0.4, 0.5) is 18.9 Å².